The molecule has 308 valence electrons. The first-order valence-electron chi connectivity index (χ1n) is 17.8. The number of halogens is 7. The van der Waals surface area contributed by atoms with E-state index in [0.29, 0.717) is 55.6 Å². The number of hydrogen-bond acceptors (Lipinski definition) is 9. The van der Waals surface area contributed by atoms with Crippen LogP contribution in [0.1, 0.15) is 81.5 Å². The maximum Gasteiger partial charge on any atom is 0.416 e. The molecule has 0 atom stereocenters. The lowest BCUT2D eigenvalue weighted by Crippen LogP contribution is -2.48. The summed E-state index contributed by atoms with van der Waals surface area (Å²) in [5, 5.41) is 16.4. The molecule has 4 heterocycles. The molecule has 12 nitrogen and oxygen atoms in total. The topological polar surface area (TPSA) is 143 Å². The minimum Gasteiger partial charge on any atom is -0.444 e. The van der Waals surface area contributed by atoms with E-state index in [1.54, 1.807) is 25.7 Å². The van der Waals surface area contributed by atoms with Crippen LogP contribution in [0.15, 0.2) is 58.8 Å². The number of nitrogens with one attached hydrogen (secondary N) is 3. The van der Waals surface area contributed by atoms with Gasteiger partial charge in [-0.05, 0) is 69.3 Å². The Morgan fingerprint density at radius 2 is 1.11 bits per heavy atom. The van der Waals surface area contributed by atoms with Crippen molar-refractivity contribution in [2.45, 2.75) is 102 Å². The predicted octanol–water partition coefficient (Wildman–Crippen LogP) is 6.51. The van der Waals surface area contributed by atoms with Gasteiger partial charge >= 0.3 is 18.4 Å². The van der Waals surface area contributed by atoms with Gasteiger partial charge in [0, 0.05) is 64.7 Å². The Hall–Kier alpha value is -4.58. The van der Waals surface area contributed by atoms with Gasteiger partial charge < -0.3 is 35.3 Å². The summed E-state index contributed by atoms with van der Waals surface area (Å²) in [7, 11) is 0. The number of amides is 3. The molecule has 2 aromatic carbocycles. The first kappa shape index (κ1) is 44.1. The molecular formula is C37H45ClF6N6O6. The predicted molar refractivity (Wildman–Crippen MR) is 195 cm³/mol. The second-order valence-electron chi connectivity index (χ2n) is 15.0. The van der Waals surface area contributed by atoms with E-state index in [4.69, 9.17) is 14.4 Å². The fourth-order valence-corrected chi connectivity index (χ4v) is 6.32. The van der Waals surface area contributed by atoms with E-state index in [9.17, 15) is 40.7 Å². The number of benzene rings is 2. The van der Waals surface area contributed by atoms with Gasteiger partial charge in [-0.15, -0.1) is 12.4 Å². The molecule has 19 heteroatoms. The fraction of sp³-hybridized carbons (Fsp3) is 0.541. The molecule has 2 fully saturated rings. The van der Waals surface area contributed by atoms with E-state index in [2.05, 4.69) is 26.3 Å². The third-order valence-electron chi connectivity index (χ3n) is 9.51. The minimum absolute atomic E-state index is 0. The summed E-state index contributed by atoms with van der Waals surface area (Å²) in [5.74, 6) is -0.767. The van der Waals surface area contributed by atoms with Gasteiger partial charge in [-0.3, -0.25) is 9.59 Å². The van der Waals surface area contributed by atoms with Gasteiger partial charge in [0.1, 0.15) is 28.2 Å². The van der Waals surface area contributed by atoms with E-state index in [1.807, 2.05) is 0 Å². The molecule has 4 aliphatic rings. The quantitative estimate of drug-likeness (QED) is 0.282. The number of piperidine rings is 2. The number of carbonyl (C=O) groups is 3. The van der Waals surface area contributed by atoms with Crippen molar-refractivity contribution in [2.24, 2.45) is 10.3 Å². The van der Waals surface area contributed by atoms with Gasteiger partial charge in [-0.1, -0.05) is 34.6 Å². The number of carbonyl (C=O) groups excluding carboxylic acids is 3. The van der Waals surface area contributed by atoms with Crippen LogP contribution in [0.2, 0.25) is 0 Å². The summed E-state index contributed by atoms with van der Waals surface area (Å²) in [6.07, 6.45) is -5.72. The van der Waals surface area contributed by atoms with Crippen LogP contribution in [0.25, 0.3) is 0 Å². The number of likely N-dealkylation sites (tertiary alicyclic amines) is 1. The second-order valence-corrected chi connectivity index (χ2v) is 15.0. The van der Waals surface area contributed by atoms with E-state index in [0.717, 1.165) is 50.2 Å². The first-order valence-corrected chi connectivity index (χ1v) is 17.8. The van der Waals surface area contributed by atoms with Crippen molar-refractivity contribution < 1.29 is 55.1 Å². The Labute approximate surface area is 326 Å². The fourth-order valence-electron chi connectivity index (χ4n) is 6.32. The van der Waals surface area contributed by atoms with Gasteiger partial charge in [0.2, 0.25) is 0 Å². The lowest BCUT2D eigenvalue weighted by atomic mass is 9.87. The monoisotopic (exact) mass is 818 g/mol. The van der Waals surface area contributed by atoms with Gasteiger partial charge in [-0.2, -0.15) is 26.3 Å². The maximum atomic E-state index is 12.6. The van der Waals surface area contributed by atoms with Gasteiger partial charge in [0.25, 0.3) is 11.8 Å². The molecule has 56 heavy (non-hydrogen) atoms. The van der Waals surface area contributed by atoms with Crippen molar-refractivity contribution in [3.8, 4) is 0 Å². The van der Waals surface area contributed by atoms with Crippen molar-refractivity contribution >= 4 is 41.7 Å². The molecule has 2 spiro atoms. The highest BCUT2D eigenvalue weighted by molar-refractivity contribution is 6.39. The Bertz CT molecular complexity index is 1750. The summed E-state index contributed by atoms with van der Waals surface area (Å²) >= 11 is 0. The molecule has 0 unspecified atom stereocenters. The number of alkyl halides is 6. The van der Waals surface area contributed by atoms with Gasteiger partial charge in [0.05, 0.1) is 11.1 Å². The molecule has 0 saturated carbocycles. The summed E-state index contributed by atoms with van der Waals surface area (Å²) in [5.41, 5.74) is -1.33. The number of rotatable bonds is 6. The van der Waals surface area contributed by atoms with Crippen LogP contribution in [-0.2, 0) is 49.4 Å². The van der Waals surface area contributed by atoms with Crippen LogP contribution in [0.5, 0.6) is 0 Å². The molecule has 0 bridgehead atoms. The molecule has 0 radical (unpaired) electrons. The summed E-state index contributed by atoms with van der Waals surface area (Å²) in [6, 6.07) is 9.31. The Morgan fingerprint density at radius 1 is 0.714 bits per heavy atom. The van der Waals surface area contributed by atoms with Crippen LogP contribution in [0.3, 0.4) is 0 Å². The molecule has 2 aromatic rings. The highest BCUT2D eigenvalue weighted by Crippen LogP contribution is 2.36. The van der Waals surface area contributed by atoms with Crippen molar-refractivity contribution in [3.63, 3.8) is 0 Å². The minimum atomic E-state index is -4.40. The number of ether oxygens (including phenoxy) is 1. The molecule has 6 rings (SSSR count). The van der Waals surface area contributed by atoms with E-state index < -0.39 is 40.6 Å². The molecular weight excluding hydrogens is 774 g/mol. The average molecular weight is 819 g/mol. The highest BCUT2D eigenvalue weighted by Gasteiger charge is 2.45. The third kappa shape index (κ3) is 12.0. The first-order chi connectivity index (χ1) is 25.7. The molecule has 0 aliphatic carbocycles. The lowest BCUT2D eigenvalue weighted by Gasteiger charge is -2.37. The Balaban J connectivity index is 0.000000252. The zero-order valence-corrected chi connectivity index (χ0v) is 31.9. The third-order valence-corrected chi connectivity index (χ3v) is 9.51. The van der Waals surface area contributed by atoms with Crippen molar-refractivity contribution in [1.82, 2.24) is 20.9 Å². The standard InChI is InChI=1S/C21H26F3N3O4.C16H18F3N3O2.ClH/c1-19(2,3)30-18(29)27-10-8-20(9-11-27)12-16(26-31-20)17(28)25-13-14-4-6-15(7-5-14)21(22,23)24;17-16(18,19)12-3-1-11(2-4-12)10-21-14(23)13-9-15(24-22-13)5-7-20-8-6-15;/h4-7H,8-13H2,1-3H3,(H,25,28);1-4,20H,5-10H2,(H,21,23);1H. The van der Waals surface area contributed by atoms with Gasteiger partial charge in [0.15, 0.2) is 0 Å². The summed E-state index contributed by atoms with van der Waals surface area (Å²) in [6.45, 7) is 8.17. The van der Waals surface area contributed by atoms with Gasteiger partial charge in [-0.25, -0.2) is 4.79 Å². The van der Waals surface area contributed by atoms with E-state index in [1.165, 1.54) is 24.3 Å². The lowest BCUT2D eigenvalue weighted by molar-refractivity contribution is -0.138. The summed E-state index contributed by atoms with van der Waals surface area (Å²) < 4.78 is 80.8. The zero-order valence-electron chi connectivity index (χ0n) is 31.1. The van der Waals surface area contributed by atoms with Crippen LogP contribution in [0.4, 0.5) is 31.1 Å². The molecule has 0 aromatic heterocycles. The van der Waals surface area contributed by atoms with E-state index in [-0.39, 0.29) is 48.8 Å². The smallest absolute Gasteiger partial charge is 0.416 e. The van der Waals surface area contributed by atoms with Crippen LogP contribution < -0.4 is 16.0 Å². The molecule has 4 aliphatic heterocycles. The van der Waals surface area contributed by atoms with Crippen molar-refractivity contribution in [3.05, 3.63) is 70.8 Å². The average Bonchev–Trinajstić information content (AvgIpc) is 3.74. The largest absolute Gasteiger partial charge is 0.444 e. The zero-order chi connectivity index (χ0) is 40.1. The summed E-state index contributed by atoms with van der Waals surface area (Å²) in [4.78, 5) is 49.4. The molecule has 3 N–H and O–H groups in total. The maximum absolute atomic E-state index is 12.6. The number of hydrogen-bond donors (Lipinski definition) is 3. The van der Waals surface area contributed by atoms with Crippen molar-refractivity contribution in [2.75, 3.05) is 26.2 Å². The van der Waals surface area contributed by atoms with Crippen LogP contribution in [0, 0.1) is 0 Å². The highest BCUT2D eigenvalue weighted by atomic mass is 35.5. The van der Waals surface area contributed by atoms with Crippen LogP contribution in [-0.4, -0.2) is 77.2 Å². The second kappa shape index (κ2) is 17.7. The number of oxime groups is 2. The Morgan fingerprint density at radius 3 is 1.48 bits per heavy atom. The Kier molecular flexibility index (Phi) is 13.9. The van der Waals surface area contributed by atoms with E-state index >= 15 is 0 Å². The SMILES string of the molecule is CC(C)(C)OC(=O)N1CCC2(CC1)CC(C(=O)NCc1ccc(C(F)(F)F)cc1)=NO2.Cl.O=C(NCc1ccc(C(F)(F)F)cc1)C1=NOC2(CCNCC2)C1. The molecule has 3 amide bonds. The van der Waals surface area contributed by atoms with Crippen LogP contribution >= 0.6 is 12.4 Å². The normalized spacial score (nSPS) is 18.6. The molecule has 2 saturated heterocycles. The van der Waals surface area contributed by atoms with Crippen molar-refractivity contribution in [1.29, 1.82) is 0 Å². The number of nitrogens with zero attached hydrogens (tertiary/aromatic N) is 3.